The van der Waals surface area contributed by atoms with Gasteiger partial charge in [0, 0.05) is 38.7 Å². The maximum absolute atomic E-state index is 13.2. The van der Waals surface area contributed by atoms with Gasteiger partial charge in [0.15, 0.2) is 34.9 Å². The molecule has 40 heteroatoms. The topological polar surface area (TPSA) is 362 Å². The molecule has 2 N–H and O–H groups in total. The third kappa shape index (κ3) is 59.5. The van der Waals surface area contributed by atoms with Crippen LogP contribution in [0.15, 0.2) is 50.6 Å². The Balaban J connectivity index is -0.000000219. The van der Waals surface area contributed by atoms with E-state index in [0.29, 0.717) is 19.3 Å². The van der Waals surface area contributed by atoms with Crippen LogP contribution in [0.3, 0.4) is 0 Å². The summed E-state index contributed by atoms with van der Waals surface area (Å²) in [5.74, 6) is -0.622. The average molecular weight is 1950 g/mol. The number of nitrogens with zero attached hydrogens (tertiary/aromatic N) is 2. The molecule has 12 atom stereocenters. The minimum absolute atomic E-state index is 0. The van der Waals surface area contributed by atoms with Gasteiger partial charge in [-0.15, -0.1) is 43.7 Å². The molecule has 0 aromatic rings. The van der Waals surface area contributed by atoms with Crippen molar-refractivity contribution in [2.24, 2.45) is 69.0 Å². The van der Waals surface area contributed by atoms with Gasteiger partial charge in [-0.1, -0.05) is 184 Å². The van der Waals surface area contributed by atoms with Crippen LogP contribution in [0.25, 0.3) is 0 Å². The van der Waals surface area contributed by atoms with Crippen molar-refractivity contribution in [3.05, 3.63) is 57.5 Å². The maximum atomic E-state index is 13.2. The molecule has 1 saturated heterocycles. The monoisotopic (exact) mass is 1950 g/mol. The summed E-state index contributed by atoms with van der Waals surface area (Å²) in [6.07, 6.45) is 3.30. The largest absolute Gasteiger partial charge is 1.00 e. The van der Waals surface area contributed by atoms with E-state index in [1.54, 1.807) is 135 Å². The molecule has 1 rings (SSSR count). The zero-order chi connectivity index (χ0) is 97.6. The van der Waals surface area contributed by atoms with E-state index in [-0.39, 0.29) is 86.9 Å². The van der Waals surface area contributed by atoms with Gasteiger partial charge in [-0.3, -0.25) is 64.5 Å². The molecule has 0 spiro atoms. The van der Waals surface area contributed by atoms with E-state index < -0.39 is 165 Å². The van der Waals surface area contributed by atoms with Crippen molar-refractivity contribution in [1.82, 2.24) is 15.6 Å². The van der Waals surface area contributed by atoms with Crippen LogP contribution in [-0.4, -0.2) is 215 Å². The number of esters is 3. The van der Waals surface area contributed by atoms with E-state index in [1.165, 1.54) is 62.9 Å². The van der Waals surface area contributed by atoms with Gasteiger partial charge in [-0.05, 0) is 146 Å². The van der Waals surface area contributed by atoms with Crippen molar-refractivity contribution in [3.8, 4) is 0 Å². The number of rotatable bonds is 34. The summed E-state index contributed by atoms with van der Waals surface area (Å²) >= 11 is 53.5. The van der Waals surface area contributed by atoms with E-state index in [0.717, 1.165) is 16.5 Å². The first-order chi connectivity index (χ1) is 54.4. The molecule has 28 nitrogen and oxygen atoms in total. The number of ether oxygens (including phenoxy) is 8. The molecule has 1 aliphatic rings. The number of nitrogens with one attached hydrogen (secondary N) is 1. The predicted molar refractivity (Wildman–Crippen MR) is 480 cm³/mol. The normalized spacial score (nSPS) is 16.1. The number of allylic oxidation sites excluding steroid dienone is 4. The summed E-state index contributed by atoms with van der Waals surface area (Å²) in [4.78, 5) is 170. The number of aliphatic hydroxyl groups excluding tert-OH is 1. The van der Waals surface area contributed by atoms with Crippen LogP contribution in [-0.2, 0) is 100 Å². The van der Waals surface area contributed by atoms with Gasteiger partial charge in [0.25, 0.3) is 26.0 Å². The molecule has 0 aliphatic carbocycles. The number of hydrogen-bond donors (Lipinski definition) is 2. The summed E-state index contributed by atoms with van der Waals surface area (Å²) < 4.78 is 34.5. The second kappa shape index (κ2) is 63.4. The number of alkyl halides is 9. The standard InChI is InChI=1S/C22H33Cl3O7.C18H28Cl3NO6.C15H27NO4.C13H20O3.C6H11O2.C3H2Cl4O2.C2H7NO.3CH3.Al.Li/c1-9-10-13(2)17(31-19(29)30-12-22(23,24)25)14(3)18(28)21(7,8)15(26)11-16(27)32-20(4,5)6;1-8-9-11(2)13(28-16(25)27-10-18(19,20)21)12(3)14(23)17(4,5)15(24)22(6)26-7;1-8-9-10(2)12(17)11(3)13(18)15(4,5)14(19)16(6)20-7;1-6-7-8(2)10-9(3)11(14)13(4,5)12(15)16-10;1-5(7)8-6(2,3)4;4-2(8)9-1-3(5,6)7;1-3-4-2;;;;;/h9,13-14,17H,1,10-12H2,2-8H3;8,11-13H,1,9-10H2,2-7H3;8,10-12,17H,1,9H2,2-7H3;6,8-10H,1,7H2,2-5H3;1H2,2-4H3;1H2;3H,1-2H3;3*1H3;;/q;;;;-1;;;;;;;+1/t13-,14+,17-;11-,12+,13-;10-,11+,12-;8-,9+,10-;;;;;;;;/m0000......../s1. The molecular formula is C82H137AlCl10LiN3O25. The van der Waals surface area contributed by atoms with Crippen LogP contribution in [0.4, 0.5) is 14.4 Å². The molecule has 0 saturated carbocycles. The zero-order valence-corrected chi connectivity index (χ0v) is 86.1. The number of hydroxylamine groups is 5. The quantitative estimate of drug-likeness (QED) is 0.00695. The Morgan fingerprint density at radius 2 is 0.861 bits per heavy atom. The molecule has 0 bridgehead atoms. The summed E-state index contributed by atoms with van der Waals surface area (Å²) in [6, 6.07) is 0. The molecule has 0 unspecified atom stereocenters. The van der Waals surface area contributed by atoms with Crippen LogP contribution < -0.4 is 24.3 Å². The third-order valence-corrected chi connectivity index (χ3v) is 18.1. The van der Waals surface area contributed by atoms with Gasteiger partial charge >= 0.3 is 48.5 Å². The molecule has 0 aromatic carbocycles. The zero-order valence-electron chi connectivity index (χ0n) is 77.4. The van der Waals surface area contributed by atoms with Gasteiger partial charge in [-0.25, -0.2) is 30.0 Å². The molecule has 1 fully saturated rings. The van der Waals surface area contributed by atoms with E-state index in [9.17, 15) is 67.4 Å². The molecule has 2 amide bonds. The summed E-state index contributed by atoms with van der Waals surface area (Å²) in [6.45, 7) is 52.9. The fourth-order valence-corrected chi connectivity index (χ4v) is 11.1. The number of hydrogen-bond acceptors (Lipinski definition) is 26. The fourth-order valence-electron chi connectivity index (χ4n) is 10.6. The summed E-state index contributed by atoms with van der Waals surface area (Å²) in [5, 5.41) is 12.2. The Bertz CT molecular complexity index is 3260. The Morgan fingerprint density at radius 1 is 0.557 bits per heavy atom. The first-order valence-corrected chi connectivity index (χ1v) is 45.5. The Morgan fingerprint density at radius 3 is 1.12 bits per heavy atom. The number of carbonyl (C=O) groups is 13. The second-order valence-corrected chi connectivity index (χ2v) is 44.3. The van der Waals surface area contributed by atoms with Crippen LogP contribution in [0.5, 0.6) is 0 Å². The van der Waals surface area contributed by atoms with Gasteiger partial charge in [0.1, 0.15) is 72.0 Å². The van der Waals surface area contributed by atoms with Crippen molar-refractivity contribution in [2.45, 2.75) is 249 Å². The van der Waals surface area contributed by atoms with E-state index in [4.69, 9.17) is 154 Å². The smallest absolute Gasteiger partial charge is 0.483 e. The van der Waals surface area contributed by atoms with Crippen molar-refractivity contribution in [1.29, 1.82) is 0 Å². The molecule has 122 heavy (non-hydrogen) atoms. The first-order valence-electron chi connectivity index (χ1n) is 38.2. The van der Waals surface area contributed by atoms with Crippen molar-refractivity contribution in [2.75, 3.05) is 62.3 Å². The summed E-state index contributed by atoms with van der Waals surface area (Å²) in [5.41, 5.74) is -4.86. The number of Topliss-reactive ketones (excluding diaryl/α,β-unsaturated/α-hetero) is 5. The SMILES string of the molecule is C=CC[C@H](C)[C@@H]1OC(=O)C(C)(C)C(=O)[C@@H]1C.C=CC[C@H](C)[C@H](O)[C@@H](C)C(=O)C(C)(C)C(=O)N(C)OC.C=CC[C@H](C)[C@H](OC(=O)OCC(Cl)(Cl)Cl)[C@@H](C)C(=O)C(C)(C)C(=O)CC(=O)OC(C)(C)C.C=CC[C@H](C)[C@H](OC(=O)OCC(Cl)(Cl)Cl)[C@@H](C)C(=O)C(C)(C)C(=O)N(C)OC.CNOC.O=C(Cl)OCC(Cl)(Cl)Cl.[CH2-]C(=O)OC(C)(C)C.[CH3][Al]([CH3])[CH3].[Li+]. The van der Waals surface area contributed by atoms with Gasteiger partial charge in [0.2, 0.25) is 11.4 Å². The first kappa shape index (κ1) is 134. The molecule has 1 heterocycles. The van der Waals surface area contributed by atoms with Gasteiger partial charge in [-0.2, -0.15) is 0 Å². The molecule has 0 radical (unpaired) electrons. The maximum Gasteiger partial charge on any atom is 1.00 e. The number of amides is 2. The molecule has 704 valence electrons. The van der Waals surface area contributed by atoms with Crippen LogP contribution in [0.2, 0.25) is 17.4 Å². The van der Waals surface area contributed by atoms with Gasteiger partial charge < -0.3 is 47.8 Å². The Labute approximate surface area is 792 Å². The number of halogens is 10. The van der Waals surface area contributed by atoms with Crippen LogP contribution in [0, 0.1) is 75.9 Å². The molecular weight excluding hydrogens is 1820 g/mol. The molecule has 1 aliphatic heterocycles. The van der Waals surface area contributed by atoms with Crippen molar-refractivity contribution in [3.63, 3.8) is 0 Å². The van der Waals surface area contributed by atoms with Crippen molar-refractivity contribution < 1.29 is 139 Å². The average Bonchev–Trinajstić information content (AvgIpc) is 0.780. The van der Waals surface area contributed by atoms with Crippen LogP contribution >= 0.6 is 116 Å². The Hall–Kier alpha value is -3.63. The minimum Gasteiger partial charge on any atom is -0.483 e. The van der Waals surface area contributed by atoms with Gasteiger partial charge in [0.05, 0.1) is 50.6 Å². The van der Waals surface area contributed by atoms with Crippen LogP contribution in [0.1, 0.15) is 184 Å². The Kier molecular flexibility index (Phi) is 69.5. The summed E-state index contributed by atoms with van der Waals surface area (Å²) in [7, 11) is 8.83. The number of cyclic esters (lactones) is 1. The number of ketones is 5. The van der Waals surface area contributed by atoms with E-state index >= 15 is 0 Å². The third-order valence-electron chi connectivity index (χ3n) is 17.0. The number of carbonyl (C=O) groups excluding carboxylic acids is 13. The minimum atomic E-state index is -1.82. The predicted octanol–water partition coefficient (Wildman–Crippen LogP) is 16.2. The number of aliphatic hydroxyl groups is 1. The second-order valence-electron chi connectivity index (χ2n) is 33.0. The fraction of sp³-hybridized carbons (Fsp3) is 0.732. The molecule has 0 aromatic heterocycles. The van der Waals surface area contributed by atoms with E-state index in [2.05, 4.69) is 70.4 Å². The van der Waals surface area contributed by atoms with Crippen molar-refractivity contribution >= 4 is 207 Å². The van der Waals surface area contributed by atoms with E-state index in [1.807, 2.05) is 20.8 Å².